The zero-order valence-electron chi connectivity index (χ0n) is 13.6. The molecule has 0 aliphatic rings. The summed E-state index contributed by atoms with van der Waals surface area (Å²) in [6.45, 7) is 11.1. The highest BCUT2D eigenvalue weighted by Gasteiger charge is 2.21. The Morgan fingerprint density at radius 1 is 1.05 bits per heavy atom. The van der Waals surface area contributed by atoms with Crippen LogP contribution in [-0.2, 0) is 4.74 Å². The van der Waals surface area contributed by atoms with Gasteiger partial charge in [0, 0.05) is 32.3 Å². The van der Waals surface area contributed by atoms with Crippen molar-refractivity contribution < 1.29 is 4.74 Å². The fourth-order valence-electron chi connectivity index (χ4n) is 2.54. The number of hydrogen-bond acceptors (Lipinski definition) is 3. The summed E-state index contributed by atoms with van der Waals surface area (Å²) >= 11 is 0. The van der Waals surface area contributed by atoms with Crippen LogP contribution in [-0.4, -0.2) is 37.7 Å². The van der Waals surface area contributed by atoms with Gasteiger partial charge >= 0.3 is 0 Å². The Bertz CT molecular complexity index is 373. The Hall–Kier alpha value is -0.900. The molecule has 0 spiro atoms. The fraction of sp³-hybridized carbons (Fsp3) is 0.647. The van der Waals surface area contributed by atoms with Crippen LogP contribution in [0.3, 0.4) is 0 Å². The van der Waals surface area contributed by atoms with Crippen molar-refractivity contribution in [2.75, 3.05) is 26.8 Å². The first-order valence-corrected chi connectivity index (χ1v) is 7.55. The maximum atomic E-state index is 6.03. The minimum absolute atomic E-state index is 0.256. The van der Waals surface area contributed by atoms with Gasteiger partial charge in [-0.25, -0.2) is 0 Å². The van der Waals surface area contributed by atoms with E-state index in [1.54, 1.807) is 7.11 Å². The van der Waals surface area contributed by atoms with E-state index in [2.05, 4.69) is 56.9 Å². The van der Waals surface area contributed by atoms with Crippen molar-refractivity contribution in [1.82, 2.24) is 4.90 Å². The summed E-state index contributed by atoms with van der Waals surface area (Å²) in [5, 5.41) is 0. The minimum atomic E-state index is 0.256. The highest BCUT2D eigenvalue weighted by Crippen LogP contribution is 2.24. The van der Waals surface area contributed by atoms with Crippen LogP contribution in [0, 0.1) is 0 Å². The lowest BCUT2D eigenvalue weighted by atomic mass is 9.98. The molecule has 3 heteroatoms. The van der Waals surface area contributed by atoms with Gasteiger partial charge in [0.2, 0.25) is 0 Å². The lowest BCUT2D eigenvalue weighted by molar-refractivity contribution is 0.0979. The van der Waals surface area contributed by atoms with Crippen LogP contribution >= 0.6 is 0 Å². The zero-order valence-corrected chi connectivity index (χ0v) is 13.6. The smallest absolute Gasteiger partial charge is 0.0590 e. The number of ether oxygens (including phenoxy) is 1. The number of hydrogen-bond donors (Lipinski definition) is 1. The van der Waals surface area contributed by atoms with Gasteiger partial charge in [-0.2, -0.15) is 0 Å². The predicted molar refractivity (Wildman–Crippen MR) is 86.0 cm³/mol. The van der Waals surface area contributed by atoms with Gasteiger partial charge in [0.25, 0.3) is 0 Å². The van der Waals surface area contributed by atoms with Gasteiger partial charge < -0.3 is 10.5 Å². The van der Waals surface area contributed by atoms with Crippen molar-refractivity contribution in [1.29, 1.82) is 0 Å². The highest BCUT2D eigenvalue weighted by molar-refractivity contribution is 5.27. The van der Waals surface area contributed by atoms with Gasteiger partial charge in [-0.15, -0.1) is 0 Å². The molecule has 0 bridgehead atoms. The first-order valence-electron chi connectivity index (χ1n) is 7.55. The summed E-state index contributed by atoms with van der Waals surface area (Å²) in [5.41, 5.74) is 8.70. The molecule has 3 nitrogen and oxygen atoms in total. The third-order valence-corrected chi connectivity index (χ3v) is 3.83. The van der Waals surface area contributed by atoms with Crippen molar-refractivity contribution in [2.45, 2.75) is 45.7 Å². The molecule has 0 amide bonds. The number of rotatable bonds is 8. The standard InChI is InChI=1S/C17H30N2O/c1-13(2)15-6-8-16(9-7-15)17(12-18)19(14(3)4)10-11-20-5/h6-9,13-14,17H,10-12,18H2,1-5H3. The second-order valence-corrected chi connectivity index (χ2v) is 5.90. The lowest BCUT2D eigenvalue weighted by Crippen LogP contribution is -2.40. The van der Waals surface area contributed by atoms with E-state index in [1.165, 1.54) is 11.1 Å². The molecule has 0 saturated carbocycles. The van der Waals surface area contributed by atoms with Crippen LogP contribution in [0.2, 0.25) is 0 Å². The van der Waals surface area contributed by atoms with Crippen LogP contribution in [0.4, 0.5) is 0 Å². The summed E-state index contributed by atoms with van der Waals surface area (Å²) < 4.78 is 5.22. The number of methoxy groups -OCH3 is 1. The maximum absolute atomic E-state index is 6.03. The van der Waals surface area contributed by atoms with Gasteiger partial charge in [0.15, 0.2) is 0 Å². The Balaban J connectivity index is 2.91. The molecule has 0 saturated heterocycles. The quantitative estimate of drug-likeness (QED) is 0.794. The molecule has 0 aromatic heterocycles. The van der Waals surface area contributed by atoms with Crippen LogP contribution < -0.4 is 5.73 Å². The molecule has 0 fully saturated rings. The monoisotopic (exact) mass is 278 g/mol. The van der Waals surface area contributed by atoms with Crippen molar-refractivity contribution in [3.63, 3.8) is 0 Å². The third kappa shape index (κ3) is 4.58. The van der Waals surface area contributed by atoms with Gasteiger partial charge in [-0.1, -0.05) is 38.1 Å². The maximum Gasteiger partial charge on any atom is 0.0590 e. The Morgan fingerprint density at radius 2 is 1.60 bits per heavy atom. The fourth-order valence-corrected chi connectivity index (χ4v) is 2.54. The van der Waals surface area contributed by atoms with E-state index >= 15 is 0 Å². The summed E-state index contributed by atoms with van der Waals surface area (Å²) in [6, 6.07) is 9.58. The molecule has 0 heterocycles. The Morgan fingerprint density at radius 3 is 2.00 bits per heavy atom. The first-order chi connectivity index (χ1) is 9.51. The summed E-state index contributed by atoms with van der Waals surface area (Å²) in [5.74, 6) is 0.565. The second kappa shape index (κ2) is 8.40. The molecule has 0 aliphatic heterocycles. The molecule has 20 heavy (non-hydrogen) atoms. The van der Waals surface area contributed by atoms with Crippen molar-refractivity contribution >= 4 is 0 Å². The van der Waals surface area contributed by atoms with Crippen molar-refractivity contribution in [2.24, 2.45) is 5.73 Å². The van der Waals surface area contributed by atoms with Crippen molar-refractivity contribution in [3.05, 3.63) is 35.4 Å². The van der Waals surface area contributed by atoms with E-state index < -0.39 is 0 Å². The molecule has 1 aromatic rings. The van der Waals surface area contributed by atoms with Gasteiger partial charge in [0.05, 0.1) is 6.61 Å². The molecule has 1 rings (SSSR count). The van der Waals surface area contributed by atoms with Crippen molar-refractivity contribution in [3.8, 4) is 0 Å². The van der Waals surface area contributed by atoms with E-state index in [0.29, 0.717) is 18.5 Å². The number of benzene rings is 1. The highest BCUT2D eigenvalue weighted by atomic mass is 16.5. The van der Waals surface area contributed by atoms with Crippen LogP contribution in [0.1, 0.15) is 50.8 Å². The van der Waals surface area contributed by atoms with Gasteiger partial charge in [0.1, 0.15) is 0 Å². The van der Waals surface area contributed by atoms with Gasteiger partial charge in [-0.05, 0) is 30.9 Å². The molecule has 1 unspecified atom stereocenters. The second-order valence-electron chi connectivity index (χ2n) is 5.90. The summed E-state index contributed by atoms with van der Waals surface area (Å²) in [4.78, 5) is 2.41. The average Bonchev–Trinajstić information content (AvgIpc) is 2.43. The first kappa shape index (κ1) is 17.2. The predicted octanol–water partition coefficient (Wildman–Crippen LogP) is 3.17. The zero-order chi connectivity index (χ0) is 15.1. The minimum Gasteiger partial charge on any atom is -0.383 e. The molecule has 114 valence electrons. The lowest BCUT2D eigenvalue weighted by Gasteiger charge is -2.34. The number of nitrogens with zero attached hydrogens (tertiary/aromatic N) is 1. The molecule has 1 atom stereocenters. The molecular formula is C17H30N2O. The normalized spacial score (nSPS) is 13.4. The largest absolute Gasteiger partial charge is 0.383 e. The van der Waals surface area contributed by atoms with E-state index in [0.717, 1.165) is 13.2 Å². The SMILES string of the molecule is COCCN(C(C)C)C(CN)c1ccc(C(C)C)cc1. The molecule has 0 radical (unpaired) electrons. The van der Waals surface area contributed by atoms with Gasteiger partial charge in [-0.3, -0.25) is 4.90 Å². The number of nitrogens with two attached hydrogens (primary N) is 1. The van der Waals surface area contributed by atoms with E-state index in [1.807, 2.05) is 0 Å². The Labute approximate surface area is 124 Å². The van der Waals surface area contributed by atoms with Crippen LogP contribution in [0.15, 0.2) is 24.3 Å². The summed E-state index contributed by atoms with van der Waals surface area (Å²) in [6.07, 6.45) is 0. The summed E-state index contributed by atoms with van der Waals surface area (Å²) in [7, 11) is 1.74. The Kier molecular flexibility index (Phi) is 7.20. The molecule has 1 aromatic carbocycles. The average molecular weight is 278 g/mol. The third-order valence-electron chi connectivity index (χ3n) is 3.83. The molecule has 2 N–H and O–H groups in total. The van der Waals surface area contributed by atoms with Crippen LogP contribution in [0.5, 0.6) is 0 Å². The molecular weight excluding hydrogens is 248 g/mol. The van der Waals surface area contributed by atoms with E-state index in [4.69, 9.17) is 10.5 Å². The topological polar surface area (TPSA) is 38.5 Å². The van der Waals surface area contributed by atoms with Crippen LogP contribution in [0.25, 0.3) is 0 Å². The molecule has 0 aliphatic carbocycles. The van der Waals surface area contributed by atoms with E-state index in [9.17, 15) is 0 Å². The van der Waals surface area contributed by atoms with E-state index in [-0.39, 0.29) is 6.04 Å².